The molecular formula is C11H7ClF5N3. The highest BCUT2D eigenvalue weighted by atomic mass is 35.5. The lowest BCUT2D eigenvalue weighted by Crippen LogP contribution is -2.09. The van der Waals surface area contributed by atoms with E-state index in [2.05, 4.69) is 10.1 Å². The molecule has 0 saturated heterocycles. The summed E-state index contributed by atoms with van der Waals surface area (Å²) in [7, 11) is 0. The third-order valence-electron chi connectivity index (χ3n) is 2.53. The molecule has 2 heterocycles. The van der Waals surface area contributed by atoms with Crippen LogP contribution in [0.4, 0.5) is 22.0 Å². The van der Waals surface area contributed by atoms with E-state index >= 15 is 0 Å². The maximum Gasteiger partial charge on any atom is 0.417 e. The van der Waals surface area contributed by atoms with Crippen molar-refractivity contribution in [1.82, 2.24) is 14.8 Å². The second-order valence-corrected chi connectivity index (χ2v) is 4.07. The van der Waals surface area contributed by atoms with Crippen LogP contribution in [0.3, 0.4) is 0 Å². The summed E-state index contributed by atoms with van der Waals surface area (Å²) in [6.45, 7) is 0. The van der Waals surface area contributed by atoms with E-state index in [1.165, 1.54) is 0 Å². The number of rotatable bonds is 3. The zero-order valence-electron chi connectivity index (χ0n) is 9.70. The van der Waals surface area contributed by atoms with Gasteiger partial charge in [0, 0.05) is 11.8 Å². The fourth-order valence-corrected chi connectivity index (χ4v) is 1.79. The first-order valence-electron chi connectivity index (χ1n) is 5.29. The lowest BCUT2D eigenvalue weighted by molar-refractivity contribution is -0.137. The van der Waals surface area contributed by atoms with E-state index in [1.54, 1.807) is 0 Å². The van der Waals surface area contributed by atoms with Crippen LogP contribution < -0.4 is 0 Å². The molecule has 2 aromatic rings. The van der Waals surface area contributed by atoms with E-state index in [4.69, 9.17) is 11.6 Å². The molecule has 0 fully saturated rings. The molecule has 0 aliphatic heterocycles. The minimum absolute atomic E-state index is 0.100. The minimum Gasteiger partial charge on any atom is -0.236 e. The number of hydrogen-bond donors (Lipinski definition) is 0. The summed E-state index contributed by atoms with van der Waals surface area (Å²) >= 11 is 5.51. The Hall–Kier alpha value is -1.70. The molecule has 0 unspecified atom stereocenters. The Balaban J connectivity index is 2.45. The van der Waals surface area contributed by atoms with E-state index < -0.39 is 23.9 Å². The number of hydrogen-bond acceptors (Lipinski definition) is 2. The van der Waals surface area contributed by atoms with Crippen molar-refractivity contribution in [2.24, 2.45) is 0 Å². The van der Waals surface area contributed by atoms with Gasteiger partial charge in [0.15, 0.2) is 5.82 Å². The Morgan fingerprint density at radius 2 is 1.90 bits per heavy atom. The largest absolute Gasteiger partial charge is 0.417 e. The molecule has 0 bridgehead atoms. The first-order valence-corrected chi connectivity index (χ1v) is 5.82. The van der Waals surface area contributed by atoms with Crippen LogP contribution in [0.2, 0.25) is 0 Å². The predicted molar refractivity (Wildman–Crippen MR) is 60.9 cm³/mol. The molecule has 0 atom stereocenters. The topological polar surface area (TPSA) is 30.7 Å². The Bertz CT molecular complexity index is 591. The second-order valence-electron chi connectivity index (χ2n) is 3.80. The van der Waals surface area contributed by atoms with Crippen LogP contribution >= 0.6 is 11.6 Å². The van der Waals surface area contributed by atoms with E-state index in [9.17, 15) is 22.0 Å². The molecule has 108 valence electrons. The standard InChI is InChI=1S/C11H7ClF5N3/c12-3-6-4-19-20(9(6)10(13)14)8-2-1-7(5-18-8)11(15,16)17/h1-2,4-5,10H,3H2. The Labute approximate surface area is 115 Å². The number of pyridine rings is 1. The van der Waals surface area contributed by atoms with Gasteiger partial charge < -0.3 is 0 Å². The molecule has 0 aromatic carbocycles. The van der Waals surface area contributed by atoms with E-state index in [0.29, 0.717) is 6.20 Å². The normalized spacial score (nSPS) is 12.2. The fourth-order valence-electron chi connectivity index (χ4n) is 1.59. The summed E-state index contributed by atoms with van der Waals surface area (Å²) in [5, 5.41) is 3.68. The van der Waals surface area contributed by atoms with Gasteiger partial charge in [-0.2, -0.15) is 18.3 Å². The smallest absolute Gasteiger partial charge is 0.236 e. The van der Waals surface area contributed by atoms with Gasteiger partial charge in [0.1, 0.15) is 5.69 Å². The van der Waals surface area contributed by atoms with Gasteiger partial charge in [-0.3, -0.25) is 0 Å². The zero-order valence-corrected chi connectivity index (χ0v) is 10.5. The van der Waals surface area contributed by atoms with E-state index in [1.807, 2.05) is 0 Å². The van der Waals surface area contributed by atoms with Crippen molar-refractivity contribution >= 4 is 11.6 Å². The minimum atomic E-state index is -4.54. The van der Waals surface area contributed by atoms with Crippen LogP contribution in [0.1, 0.15) is 23.2 Å². The Kier molecular flexibility index (Phi) is 3.94. The van der Waals surface area contributed by atoms with Gasteiger partial charge in [-0.25, -0.2) is 18.4 Å². The molecule has 0 spiro atoms. The van der Waals surface area contributed by atoms with Gasteiger partial charge in [0.25, 0.3) is 6.43 Å². The van der Waals surface area contributed by atoms with Crippen LogP contribution in [0.25, 0.3) is 5.82 Å². The third kappa shape index (κ3) is 2.74. The molecule has 20 heavy (non-hydrogen) atoms. The average Bonchev–Trinajstić information content (AvgIpc) is 2.81. The molecule has 3 nitrogen and oxygen atoms in total. The first kappa shape index (κ1) is 14.7. The highest BCUT2D eigenvalue weighted by Crippen LogP contribution is 2.30. The summed E-state index contributed by atoms with van der Waals surface area (Å²) in [4.78, 5) is 3.51. The summed E-state index contributed by atoms with van der Waals surface area (Å²) in [5.41, 5.74) is -1.35. The van der Waals surface area contributed by atoms with Crippen molar-refractivity contribution in [2.75, 3.05) is 0 Å². The van der Waals surface area contributed by atoms with Gasteiger partial charge in [-0.15, -0.1) is 11.6 Å². The second kappa shape index (κ2) is 5.35. The number of halogens is 6. The molecule has 0 saturated carbocycles. The van der Waals surface area contributed by atoms with Crippen molar-refractivity contribution in [1.29, 1.82) is 0 Å². The van der Waals surface area contributed by atoms with Crippen molar-refractivity contribution < 1.29 is 22.0 Å². The van der Waals surface area contributed by atoms with Crippen molar-refractivity contribution in [2.45, 2.75) is 18.5 Å². The van der Waals surface area contributed by atoms with Crippen molar-refractivity contribution in [3.63, 3.8) is 0 Å². The summed E-state index contributed by atoms with van der Waals surface area (Å²) in [6.07, 6.45) is -5.71. The van der Waals surface area contributed by atoms with Crippen molar-refractivity contribution in [3.05, 3.63) is 41.3 Å². The van der Waals surface area contributed by atoms with Gasteiger partial charge in [-0.1, -0.05) is 0 Å². The van der Waals surface area contributed by atoms with Crippen LogP contribution in [-0.2, 0) is 12.1 Å². The molecule has 0 amide bonds. The van der Waals surface area contributed by atoms with E-state index in [0.717, 1.165) is 23.0 Å². The molecule has 0 radical (unpaired) electrons. The molecule has 0 aliphatic carbocycles. The lowest BCUT2D eigenvalue weighted by atomic mass is 10.2. The third-order valence-corrected chi connectivity index (χ3v) is 2.82. The zero-order chi connectivity index (χ0) is 14.9. The molecule has 9 heteroatoms. The Morgan fingerprint density at radius 1 is 1.20 bits per heavy atom. The van der Waals surface area contributed by atoms with Crippen LogP contribution in [-0.4, -0.2) is 14.8 Å². The number of nitrogens with zero attached hydrogens (tertiary/aromatic N) is 3. The van der Waals surface area contributed by atoms with E-state index in [-0.39, 0.29) is 17.3 Å². The van der Waals surface area contributed by atoms with Gasteiger partial charge in [-0.05, 0) is 12.1 Å². The van der Waals surface area contributed by atoms with Crippen LogP contribution in [0.5, 0.6) is 0 Å². The highest BCUT2D eigenvalue weighted by Gasteiger charge is 2.31. The number of alkyl halides is 6. The molecule has 2 rings (SSSR count). The van der Waals surface area contributed by atoms with Crippen molar-refractivity contribution in [3.8, 4) is 5.82 Å². The molecule has 0 aliphatic rings. The maximum absolute atomic E-state index is 12.9. The average molecular weight is 312 g/mol. The number of aromatic nitrogens is 3. The highest BCUT2D eigenvalue weighted by molar-refractivity contribution is 6.17. The fraction of sp³-hybridized carbons (Fsp3) is 0.273. The summed E-state index contributed by atoms with van der Waals surface area (Å²) < 4.78 is 63.8. The molecule has 0 N–H and O–H groups in total. The Morgan fingerprint density at radius 3 is 2.35 bits per heavy atom. The van der Waals surface area contributed by atoms with Gasteiger partial charge in [0.2, 0.25) is 0 Å². The summed E-state index contributed by atoms with van der Waals surface area (Å²) in [5.74, 6) is -0.315. The summed E-state index contributed by atoms with van der Waals surface area (Å²) in [6, 6.07) is 1.72. The van der Waals surface area contributed by atoms with Crippen LogP contribution in [0, 0.1) is 0 Å². The van der Waals surface area contributed by atoms with Crippen LogP contribution in [0.15, 0.2) is 24.5 Å². The maximum atomic E-state index is 12.9. The van der Waals surface area contributed by atoms with Gasteiger partial charge >= 0.3 is 6.18 Å². The predicted octanol–water partition coefficient (Wildman–Crippen LogP) is 3.96. The quantitative estimate of drug-likeness (QED) is 0.634. The molecule has 2 aromatic heterocycles. The van der Waals surface area contributed by atoms with Gasteiger partial charge in [0.05, 0.1) is 17.6 Å². The monoisotopic (exact) mass is 311 g/mol. The SMILES string of the molecule is FC(F)c1c(CCl)cnn1-c1ccc(C(F)(F)F)cn1. The lowest BCUT2D eigenvalue weighted by Gasteiger charge is -2.09. The first-order chi connectivity index (χ1) is 9.34. The molecular weight excluding hydrogens is 305 g/mol.